The molecule has 0 radical (unpaired) electrons. The molecule has 0 saturated carbocycles. The van der Waals surface area contributed by atoms with E-state index < -0.39 is 66.1 Å². The first-order valence-electron chi connectivity index (χ1n) is 26.1. The van der Waals surface area contributed by atoms with Crippen molar-refractivity contribution in [2.75, 3.05) is 34.9 Å². The Labute approximate surface area is 433 Å². The van der Waals surface area contributed by atoms with Crippen molar-refractivity contribution in [2.24, 2.45) is 23.7 Å². The minimum Gasteiger partial charge on any atom is -0.494 e. The number of carbonyl (C=O) groups excluding carboxylic acids is 5. The number of amides is 5. The molecule has 1 aliphatic heterocycles. The number of aliphatic carboxylic acids is 1. The molecule has 9 atom stereocenters. The van der Waals surface area contributed by atoms with E-state index >= 15 is 0 Å². The van der Waals surface area contributed by atoms with Gasteiger partial charge in [0, 0.05) is 65.6 Å². The Kier molecular flexibility index (Phi) is 25.4. The Morgan fingerprint density at radius 3 is 2.04 bits per heavy atom. The number of carboxylic acid groups (broad SMARTS) is 1. The van der Waals surface area contributed by atoms with Gasteiger partial charge in [0.25, 0.3) is 0 Å². The van der Waals surface area contributed by atoms with E-state index in [-0.39, 0.29) is 66.5 Å². The summed E-state index contributed by atoms with van der Waals surface area (Å²) >= 11 is 1.56. The van der Waals surface area contributed by atoms with E-state index in [1.165, 1.54) is 23.7 Å². The van der Waals surface area contributed by atoms with Crippen LogP contribution in [0.5, 0.6) is 11.8 Å². The quantitative estimate of drug-likeness (QED) is 0.0377. The van der Waals surface area contributed by atoms with Gasteiger partial charge in [-0.2, -0.15) is 0 Å². The minimum absolute atomic E-state index is 0.00470. The lowest BCUT2D eigenvalue weighted by atomic mass is 9.89. The third-order valence-electron chi connectivity index (χ3n) is 14.6. The summed E-state index contributed by atoms with van der Waals surface area (Å²) in [7, 11) is 6.26. The van der Waals surface area contributed by atoms with Gasteiger partial charge < -0.3 is 50.1 Å². The van der Waals surface area contributed by atoms with Crippen molar-refractivity contribution in [1.29, 1.82) is 0 Å². The zero-order valence-electron chi connectivity index (χ0n) is 45.4. The predicted molar refractivity (Wildman–Crippen MR) is 280 cm³/mol. The fraction of sp³-hybridized carbons (Fsp3) is 0.704. The van der Waals surface area contributed by atoms with Gasteiger partial charge in [0.05, 0.1) is 41.5 Å². The molecule has 5 amide bonds. The van der Waals surface area contributed by atoms with Crippen molar-refractivity contribution in [2.45, 2.75) is 192 Å². The predicted octanol–water partition coefficient (Wildman–Crippen LogP) is 7.10. The minimum atomic E-state index is -1.16. The maximum Gasteiger partial charge on any atom is 0.326 e. The highest BCUT2D eigenvalue weighted by atomic mass is 32.2. The lowest BCUT2D eigenvalue weighted by Crippen LogP contribution is -2.60. The largest absolute Gasteiger partial charge is 0.494 e. The number of likely N-dealkylation sites (tertiary alicyclic amines) is 1. The molecular weight excluding hydrogens is 941 g/mol. The fourth-order valence-electron chi connectivity index (χ4n) is 10.1. The van der Waals surface area contributed by atoms with Gasteiger partial charge in [0.15, 0.2) is 5.88 Å². The monoisotopic (exact) mass is 1030 g/mol. The van der Waals surface area contributed by atoms with E-state index in [1.54, 1.807) is 60.8 Å². The Bertz CT molecular complexity index is 2050. The van der Waals surface area contributed by atoms with Crippen LogP contribution in [0.1, 0.15) is 132 Å². The molecule has 2 heterocycles. The third-order valence-corrected chi connectivity index (χ3v) is 16.1. The number of rotatable bonds is 31. The van der Waals surface area contributed by atoms with Crippen molar-refractivity contribution in [3.05, 3.63) is 42.0 Å². The van der Waals surface area contributed by atoms with E-state index in [1.807, 2.05) is 59.7 Å². The summed E-state index contributed by atoms with van der Waals surface area (Å²) in [5.74, 6) is -4.42. The molecule has 9 unspecified atom stereocenters. The number of ether oxygens (including phenoxy) is 2. The number of hydrogen-bond donors (Lipinski definition) is 5. The van der Waals surface area contributed by atoms with Crippen LogP contribution in [0.3, 0.4) is 0 Å². The van der Waals surface area contributed by atoms with Gasteiger partial charge in [-0.25, -0.2) is 4.79 Å². The van der Waals surface area contributed by atoms with E-state index in [0.29, 0.717) is 61.8 Å². The number of methoxy groups -OCH3 is 2. The van der Waals surface area contributed by atoms with Crippen molar-refractivity contribution in [3.63, 3.8) is 0 Å². The highest BCUT2D eigenvalue weighted by molar-refractivity contribution is 8.00. The van der Waals surface area contributed by atoms with Gasteiger partial charge in [-0.15, -0.1) is 11.8 Å². The Morgan fingerprint density at radius 2 is 1.49 bits per heavy atom. The van der Waals surface area contributed by atoms with Crippen molar-refractivity contribution in [1.82, 2.24) is 29.9 Å². The van der Waals surface area contributed by atoms with Gasteiger partial charge in [0.1, 0.15) is 18.1 Å². The van der Waals surface area contributed by atoms with Gasteiger partial charge in [0.2, 0.25) is 35.4 Å². The molecule has 1 aliphatic rings. The topological polar surface area (TPSA) is 220 Å². The summed E-state index contributed by atoms with van der Waals surface area (Å²) in [5, 5.41) is 37.3. The molecule has 1 fully saturated rings. The number of likely N-dealkylation sites (N-methyl/N-ethyl adjacent to an activating group) is 2. The molecule has 72 heavy (non-hydrogen) atoms. The second-order valence-corrected chi connectivity index (χ2v) is 21.7. The molecule has 0 bridgehead atoms. The molecule has 3 rings (SSSR count). The lowest BCUT2D eigenvalue weighted by Gasteiger charge is -2.41. The average molecular weight is 1030 g/mol. The number of nitrogens with zero attached hydrogens (tertiary/aromatic N) is 4. The number of aromatic nitrogens is 1. The maximum absolute atomic E-state index is 14.7. The molecule has 1 saturated heterocycles. The molecule has 1 aromatic carbocycles. The summed E-state index contributed by atoms with van der Waals surface area (Å²) in [5.41, 5.74) is 0.765. The van der Waals surface area contributed by atoms with E-state index in [0.717, 1.165) is 18.4 Å². The standard InChI is InChI=1S/C54H88N6O11S/c1-14-35(8)48(41(70-12)31-44(62)59-29-23-26-40(59)49(71-13)36(9)50(64)55-39(54(68)69)30-37-24-19-17-20-25-37)58(11)53(67)46(33(4)5)56-51(65)47(34(6)7)57(10)43(61)27-21-18-22-28-60-45(63)32-42(52(60)66)72-38(15-2)16-3/h17,19-20,24-25,32-36,38-41,46-49,63,66H,14-16,18,21-23,26-31H2,1-13H3,(H,55,64)(H,56,65)(H,68,69). The summed E-state index contributed by atoms with van der Waals surface area (Å²) in [6.07, 6.45) is 4.34. The maximum atomic E-state index is 14.7. The molecule has 0 aliphatic carbocycles. The number of aromatic hydroxyl groups is 2. The van der Waals surface area contributed by atoms with Gasteiger partial charge >= 0.3 is 5.97 Å². The SMILES string of the molecule is CCC(CC)Sc1cc(O)n(CCCCCC(=O)N(C)C(C(=O)NC(C(=O)N(C)C(C(C)CC)C(CC(=O)N2CCCC2C(OC)C(C)C(=O)NC(Cc2ccccc2)C(=O)O)OC)C(C)C)C(C)C)c1O. The van der Waals surface area contributed by atoms with Crippen LogP contribution >= 0.6 is 11.8 Å². The number of benzene rings is 1. The molecule has 0 spiro atoms. The molecular formula is C54H88N6O11S. The highest BCUT2D eigenvalue weighted by Gasteiger charge is 2.44. The summed E-state index contributed by atoms with van der Waals surface area (Å²) in [6.45, 7) is 18.1. The smallest absolute Gasteiger partial charge is 0.326 e. The van der Waals surface area contributed by atoms with Crippen molar-refractivity contribution < 1.29 is 53.6 Å². The number of unbranched alkanes of at least 4 members (excludes halogenated alkanes) is 2. The lowest BCUT2D eigenvalue weighted by molar-refractivity contribution is -0.149. The summed E-state index contributed by atoms with van der Waals surface area (Å²) in [6, 6.07) is 6.60. The summed E-state index contributed by atoms with van der Waals surface area (Å²) in [4.78, 5) is 88.1. The number of thioether (sulfide) groups is 1. The van der Waals surface area contributed by atoms with E-state index in [4.69, 9.17) is 9.47 Å². The number of nitrogens with one attached hydrogen (secondary N) is 2. The van der Waals surface area contributed by atoms with Crippen LogP contribution < -0.4 is 10.6 Å². The molecule has 5 N–H and O–H groups in total. The molecule has 406 valence electrons. The van der Waals surface area contributed by atoms with E-state index in [2.05, 4.69) is 24.5 Å². The zero-order chi connectivity index (χ0) is 54.0. The normalized spacial score (nSPS) is 17.2. The van der Waals surface area contributed by atoms with Crippen LogP contribution in [0.2, 0.25) is 0 Å². The molecule has 2 aromatic rings. The highest BCUT2D eigenvalue weighted by Crippen LogP contribution is 2.39. The van der Waals surface area contributed by atoms with Crippen LogP contribution in [0.4, 0.5) is 0 Å². The first kappa shape index (κ1) is 61.5. The van der Waals surface area contributed by atoms with Gasteiger partial charge in [-0.3, -0.25) is 28.5 Å². The average Bonchev–Trinajstić information content (AvgIpc) is 3.94. The second kappa shape index (κ2) is 29.8. The van der Waals surface area contributed by atoms with Crippen LogP contribution in [-0.2, 0) is 51.2 Å². The zero-order valence-corrected chi connectivity index (χ0v) is 46.2. The Balaban J connectivity index is 1.69. The Hall–Kier alpha value is -4.81. The van der Waals surface area contributed by atoms with Gasteiger partial charge in [-0.05, 0) is 61.8 Å². The first-order valence-corrected chi connectivity index (χ1v) is 27.0. The fourth-order valence-corrected chi connectivity index (χ4v) is 11.1. The second-order valence-electron chi connectivity index (χ2n) is 20.3. The number of carboxylic acids is 1. The molecule has 18 heteroatoms. The van der Waals surface area contributed by atoms with Crippen LogP contribution in [-0.4, -0.2) is 153 Å². The molecule has 1 aromatic heterocycles. The van der Waals surface area contributed by atoms with Crippen LogP contribution in [0.25, 0.3) is 0 Å². The number of carbonyl (C=O) groups is 6. The Morgan fingerprint density at radius 1 is 0.833 bits per heavy atom. The van der Waals surface area contributed by atoms with Crippen molar-refractivity contribution >= 4 is 47.3 Å². The van der Waals surface area contributed by atoms with Gasteiger partial charge in [-0.1, -0.05) is 105 Å². The number of hydrogen-bond acceptors (Lipinski definition) is 11. The first-order chi connectivity index (χ1) is 34.1. The molecule has 17 nitrogen and oxygen atoms in total. The van der Waals surface area contributed by atoms with E-state index in [9.17, 15) is 44.1 Å². The van der Waals surface area contributed by atoms with Crippen LogP contribution in [0.15, 0.2) is 41.3 Å². The van der Waals surface area contributed by atoms with Crippen LogP contribution in [0, 0.1) is 23.7 Å². The summed E-state index contributed by atoms with van der Waals surface area (Å²) < 4.78 is 13.5. The third kappa shape index (κ3) is 16.6. The van der Waals surface area contributed by atoms with Crippen molar-refractivity contribution in [3.8, 4) is 11.8 Å².